The Morgan fingerprint density at radius 3 is 2.29 bits per heavy atom. The van der Waals surface area contributed by atoms with E-state index in [0.717, 1.165) is 12.1 Å². The molecule has 3 aromatic rings. The molecule has 0 atom stereocenters. The van der Waals surface area contributed by atoms with E-state index >= 15 is 0 Å². The van der Waals surface area contributed by atoms with Crippen molar-refractivity contribution in [2.75, 3.05) is 0 Å². The fourth-order valence-electron chi connectivity index (χ4n) is 2.37. The van der Waals surface area contributed by atoms with E-state index in [1.165, 1.54) is 11.1 Å². The summed E-state index contributed by atoms with van der Waals surface area (Å²) >= 11 is 0. The van der Waals surface area contributed by atoms with E-state index in [1.54, 1.807) is 12.4 Å². The molecule has 124 valence electrons. The van der Waals surface area contributed by atoms with Crippen LogP contribution in [0, 0.1) is 0 Å². The first-order valence-corrected chi connectivity index (χ1v) is 8.05. The molecular formula is C19H22N4O. The SMILES string of the molecule is CC(C)(C)c1ccc(-c2nnc(CNCc3ccncc3)o2)cc1. The summed E-state index contributed by atoms with van der Waals surface area (Å²) in [7, 11) is 0. The van der Waals surface area contributed by atoms with Crippen molar-refractivity contribution in [3.63, 3.8) is 0 Å². The van der Waals surface area contributed by atoms with Crippen LogP contribution in [0.4, 0.5) is 0 Å². The van der Waals surface area contributed by atoms with Gasteiger partial charge in [0.1, 0.15) is 0 Å². The third-order valence-corrected chi connectivity index (χ3v) is 3.82. The minimum Gasteiger partial charge on any atom is -0.419 e. The maximum Gasteiger partial charge on any atom is 0.247 e. The molecule has 1 aromatic carbocycles. The molecule has 0 saturated heterocycles. The van der Waals surface area contributed by atoms with Gasteiger partial charge in [-0.3, -0.25) is 4.98 Å². The Bertz CT molecular complexity index is 773. The van der Waals surface area contributed by atoms with Crippen molar-refractivity contribution < 1.29 is 4.42 Å². The summed E-state index contributed by atoms with van der Waals surface area (Å²) in [6, 6.07) is 12.2. The zero-order valence-electron chi connectivity index (χ0n) is 14.3. The molecular weight excluding hydrogens is 300 g/mol. The molecule has 2 heterocycles. The molecule has 0 aliphatic rings. The predicted molar refractivity (Wildman–Crippen MR) is 93.2 cm³/mol. The molecule has 0 amide bonds. The van der Waals surface area contributed by atoms with Crippen LogP contribution in [0.2, 0.25) is 0 Å². The van der Waals surface area contributed by atoms with Crippen LogP contribution in [0.5, 0.6) is 0 Å². The average Bonchev–Trinajstić information content (AvgIpc) is 3.04. The zero-order valence-corrected chi connectivity index (χ0v) is 14.3. The van der Waals surface area contributed by atoms with Crippen molar-refractivity contribution in [3.8, 4) is 11.5 Å². The minimum absolute atomic E-state index is 0.134. The van der Waals surface area contributed by atoms with Crippen LogP contribution in [0.15, 0.2) is 53.2 Å². The summed E-state index contributed by atoms with van der Waals surface area (Å²) < 4.78 is 5.74. The molecule has 0 radical (unpaired) electrons. The monoisotopic (exact) mass is 322 g/mol. The summed E-state index contributed by atoms with van der Waals surface area (Å²) in [5, 5.41) is 11.5. The Morgan fingerprint density at radius 2 is 1.62 bits per heavy atom. The first-order chi connectivity index (χ1) is 11.5. The van der Waals surface area contributed by atoms with Gasteiger partial charge in [0.15, 0.2) is 0 Å². The van der Waals surface area contributed by atoms with E-state index in [9.17, 15) is 0 Å². The lowest BCUT2D eigenvalue weighted by atomic mass is 9.87. The van der Waals surface area contributed by atoms with Crippen LogP contribution in [0.25, 0.3) is 11.5 Å². The fraction of sp³-hybridized carbons (Fsp3) is 0.316. The second kappa shape index (κ2) is 6.93. The molecule has 0 aliphatic heterocycles. The Hall–Kier alpha value is -2.53. The maximum atomic E-state index is 5.74. The van der Waals surface area contributed by atoms with Crippen molar-refractivity contribution in [2.45, 2.75) is 39.3 Å². The number of hydrogen-bond donors (Lipinski definition) is 1. The summed E-state index contributed by atoms with van der Waals surface area (Å²) in [6.45, 7) is 7.86. The predicted octanol–water partition coefficient (Wildman–Crippen LogP) is 3.72. The molecule has 0 saturated carbocycles. The molecule has 0 fully saturated rings. The topological polar surface area (TPSA) is 63.8 Å². The molecule has 3 rings (SSSR count). The van der Waals surface area contributed by atoms with Gasteiger partial charge in [0.2, 0.25) is 11.8 Å². The summed E-state index contributed by atoms with van der Waals surface area (Å²) in [5.41, 5.74) is 3.53. The number of hydrogen-bond acceptors (Lipinski definition) is 5. The van der Waals surface area contributed by atoms with Crippen LogP contribution < -0.4 is 5.32 Å². The molecule has 0 bridgehead atoms. The van der Waals surface area contributed by atoms with E-state index in [4.69, 9.17) is 4.42 Å². The Balaban J connectivity index is 1.61. The van der Waals surface area contributed by atoms with E-state index in [2.05, 4.69) is 53.4 Å². The van der Waals surface area contributed by atoms with Gasteiger partial charge in [-0.1, -0.05) is 32.9 Å². The van der Waals surface area contributed by atoms with Crippen molar-refractivity contribution in [1.29, 1.82) is 0 Å². The minimum atomic E-state index is 0.134. The highest BCUT2D eigenvalue weighted by atomic mass is 16.4. The Morgan fingerprint density at radius 1 is 0.917 bits per heavy atom. The van der Waals surface area contributed by atoms with E-state index < -0.39 is 0 Å². The number of nitrogens with zero attached hydrogens (tertiary/aromatic N) is 3. The van der Waals surface area contributed by atoms with Crippen molar-refractivity contribution in [2.24, 2.45) is 0 Å². The van der Waals surface area contributed by atoms with Crippen molar-refractivity contribution in [1.82, 2.24) is 20.5 Å². The van der Waals surface area contributed by atoms with Crippen LogP contribution >= 0.6 is 0 Å². The second-order valence-electron chi connectivity index (χ2n) is 6.79. The van der Waals surface area contributed by atoms with Crippen LogP contribution in [0.1, 0.15) is 37.8 Å². The third kappa shape index (κ3) is 4.06. The van der Waals surface area contributed by atoms with Crippen LogP contribution in [0.3, 0.4) is 0 Å². The molecule has 1 N–H and O–H groups in total. The lowest BCUT2D eigenvalue weighted by Crippen LogP contribution is -2.12. The molecule has 5 nitrogen and oxygen atoms in total. The standard InChI is InChI=1S/C19H22N4O/c1-19(2,3)16-6-4-15(5-7-16)18-23-22-17(24-18)13-21-12-14-8-10-20-11-9-14/h4-11,21H,12-13H2,1-3H3. The van der Waals surface area contributed by atoms with Gasteiger partial charge in [-0.2, -0.15) is 0 Å². The highest BCUT2D eigenvalue weighted by Gasteiger charge is 2.14. The van der Waals surface area contributed by atoms with E-state index in [1.807, 2.05) is 24.3 Å². The molecule has 0 aliphatic carbocycles. The average molecular weight is 322 g/mol. The fourth-order valence-corrected chi connectivity index (χ4v) is 2.37. The van der Waals surface area contributed by atoms with Crippen LogP contribution in [-0.4, -0.2) is 15.2 Å². The molecule has 24 heavy (non-hydrogen) atoms. The number of benzene rings is 1. The van der Waals surface area contributed by atoms with Gasteiger partial charge in [0.05, 0.1) is 6.54 Å². The highest BCUT2D eigenvalue weighted by Crippen LogP contribution is 2.25. The number of aromatic nitrogens is 3. The third-order valence-electron chi connectivity index (χ3n) is 3.82. The number of pyridine rings is 1. The van der Waals surface area contributed by atoms with Gasteiger partial charge >= 0.3 is 0 Å². The van der Waals surface area contributed by atoms with Gasteiger partial charge in [0.25, 0.3) is 0 Å². The first-order valence-electron chi connectivity index (χ1n) is 8.05. The Labute approximate surface area is 142 Å². The zero-order chi connectivity index (χ0) is 17.0. The van der Waals surface area contributed by atoms with Gasteiger partial charge in [0, 0.05) is 24.5 Å². The lowest BCUT2D eigenvalue weighted by Gasteiger charge is -2.18. The van der Waals surface area contributed by atoms with Gasteiger partial charge in [-0.25, -0.2) is 0 Å². The van der Waals surface area contributed by atoms with Gasteiger partial charge in [-0.15, -0.1) is 10.2 Å². The smallest absolute Gasteiger partial charge is 0.247 e. The summed E-state index contributed by atoms with van der Waals surface area (Å²) in [5.74, 6) is 1.13. The van der Waals surface area contributed by atoms with Gasteiger partial charge in [-0.05, 0) is 40.8 Å². The highest BCUT2D eigenvalue weighted by molar-refractivity contribution is 5.53. The van der Waals surface area contributed by atoms with Crippen molar-refractivity contribution >= 4 is 0 Å². The van der Waals surface area contributed by atoms with Crippen LogP contribution in [-0.2, 0) is 18.5 Å². The Kier molecular flexibility index (Phi) is 4.71. The normalized spacial score (nSPS) is 11.6. The first kappa shape index (κ1) is 16.3. The van der Waals surface area contributed by atoms with E-state index in [0.29, 0.717) is 18.3 Å². The van der Waals surface area contributed by atoms with E-state index in [-0.39, 0.29) is 5.41 Å². The molecule has 5 heteroatoms. The molecule has 2 aromatic heterocycles. The van der Waals surface area contributed by atoms with Crippen molar-refractivity contribution in [3.05, 3.63) is 65.8 Å². The second-order valence-corrected chi connectivity index (χ2v) is 6.79. The molecule has 0 spiro atoms. The molecule has 0 unspecified atom stereocenters. The lowest BCUT2D eigenvalue weighted by molar-refractivity contribution is 0.477. The summed E-state index contributed by atoms with van der Waals surface area (Å²) in [4.78, 5) is 4.00. The van der Waals surface area contributed by atoms with Gasteiger partial charge < -0.3 is 9.73 Å². The summed E-state index contributed by atoms with van der Waals surface area (Å²) in [6.07, 6.45) is 3.56. The quantitative estimate of drug-likeness (QED) is 0.775. The number of nitrogens with one attached hydrogen (secondary N) is 1. The maximum absolute atomic E-state index is 5.74. The largest absolute Gasteiger partial charge is 0.419 e. The number of rotatable bonds is 5.